The van der Waals surface area contributed by atoms with E-state index in [2.05, 4.69) is 69.0 Å². The average molecular weight is 497 g/mol. The molecule has 6 rings (SSSR count). The van der Waals surface area contributed by atoms with E-state index >= 15 is 0 Å². The van der Waals surface area contributed by atoms with Crippen LogP contribution in [-0.2, 0) is 4.79 Å². The number of nitrogens with one attached hydrogen (secondary N) is 3. The largest absolute Gasteiger partial charge is 0.355 e. The molecule has 0 aliphatic heterocycles. The number of carbonyl (C=O) groups is 1. The summed E-state index contributed by atoms with van der Waals surface area (Å²) >= 11 is 0. The topological polar surface area (TPSA) is 69.9 Å². The molecule has 6 nitrogen and oxygen atoms in total. The van der Waals surface area contributed by atoms with Crippen LogP contribution in [0.2, 0.25) is 0 Å². The van der Waals surface area contributed by atoms with Gasteiger partial charge in [0.15, 0.2) is 0 Å². The molecule has 1 heterocycles. The molecule has 0 unspecified atom stereocenters. The molecule has 0 fully saturated rings. The number of benzene rings is 5. The predicted molar refractivity (Wildman–Crippen MR) is 155 cm³/mol. The summed E-state index contributed by atoms with van der Waals surface area (Å²) in [4.78, 5) is 16.3. The van der Waals surface area contributed by atoms with Gasteiger partial charge in [0.2, 0.25) is 22.6 Å². The Bertz CT molecular complexity index is 1750. The Morgan fingerprint density at radius 1 is 0.579 bits per heavy atom. The maximum absolute atomic E-state index is 11.3. The number of carbonyl (C=O) groups excluding carboxylic acids is 1. The van der Waals surface area contributed by atoms with Gasteiger partial charge in [-0.1, -0.05) is 36.4 Å². The number of hydrogen-bond acceptors (Lipinski definition) is 4. The molecule has 6 aromatic rings. The van der Waals surface area contributed by atoms with Crippen LogP contribution in [0.1, 0.15) is 6.92 Å². The van der Waals surface area contributed by atoms with E-state index in [9.17, 15) is 4.79 Å². The summed E-state index contributed by atoms with van der Waals surface area (Å²) in [5.41, 5.74) is 9.50. The first-order valence-electron chi connectivity index (χ1n) is 12.4. The highest BCUT2D eigenvalue weighted by Gasteiger charge is 2.20. The first-order chi connectivity index (χ1) is 18.6. The molecule has 0 spiro atoms. The van der Waals surface area contributed by atoms with Crippen molar-refractivity contribution in [3.63, 3.8) is 0 Å². The van der Waals surface area contributed by atoms with Crippen molar-refractivity contribution >= 4 is 56.4 Å². The predicted octanol–water partition coefficient (Wildman–Crippen LogP) is 7.11. The van der Waals surface area contributed by atoms with Gasteiger partial charge in [0.05, 0.1) is 0 Å². The summed E-state index contributed by atoms with van der Waals surface area (Å²) in [5, 5.41) is 9.78. The lowest BCUT2D eigenvalue weighted by Gasteiger charge is -2.11. The number of para-hydroxylation sites is 2. The zero-order valence-corrected chi connectivity index (χ0v) is 20.8. The van der Waals surface area contributed by atoms with E-state index < -0.39 is 0 Å². The molecule has 1 aromatic heterocycles. The zero-order chi connectivity index (χ0) is 25.9. The van der Waals surface area contributed by atoms with Crippen LogP contribution < -0.4 is 20.5 Å². The first-order valence-corrected chi connectivity index (χ1v) is 12.4. The van der Waals surface area contributed by atoms with E-state index in [-0.39, 0.29) is 5.91 Å². The maximum Gasteiger partial charge on any atom is 0.239 e. The lowest BCUT2D eigenvalue weighted by atomic mass is 10.1. The summed E-state index contributed by atoms with van der Waals surface area (Å²) in [6.45, 7) is 1.50. The minimum Gasteiger partial charge on any atom is -0.355 e. The molecule has 0 atom stereocenters. The third-order valence-corrected chi connectivity index (χ3v) is 6.24. The molecule has 184 valence electrons. The molecule has 0 radical (unpaired) electrons. The van der Waals surface area contributed by atoms with E-state index in [1.165, 1.54) is 6.92 Å². The molecule has 0 saturated heterocycles. The minimum atomic E-state index is -0.0902. The lowest BCUT2D eigenvalue weighted by molar-refractivity contribution is -0.538. The Labute approximate surface area is 220 Å². The minimum absolute atomic E-state index is 0.0902. The van der Waals surface area contributed by atoms with Crippen LogP contribution in [-0.4, -0.2) is 10.9 Å². The average Bonchev–Trinajstić information content (AvgIpc) is 2.94. The van der Waals surface area contributed by atoms with E-state index in [1.807, 2.05) is 72.8 Å². The maximum atomic E-state index is 11.3. The number of nitrogens with zero attached hydrogens (tertiary/aromatic N) is 2. The lowest BCUT2D eigenvalue weighted by Crippen LogP contribution is -2.33. The van der Waals surface area contributed by atoms with Crippen molar-refractivity contribution in [2.75, 3.05) is 16.0 Å². The van der Waals surface area contributed by atoms with Crippen LogP contribution in [0.5, 0.6) is 0 Å². The fourth-order valence-corrected chi connectivity index (χ4v) is 4.56. The highest BCUT2D eigenvalue weighted by molar-refractivity contribution is 5.89. The Kier molecular flexibility index (Phi) is 6.12. The number of anilines is 5. The third kappa shape index (κ3) is 4.88. The summed E-state index contributed by atoms with van der Waals surface area (Å²) < 4.78 is 2.25. The highest BCUT2D eigenvalue weighted by Crippen LogP contribution is 2.26. The van der Waals surface area contributed by atoms with E-state index in [0.29, 0.717) is 0 Å². The van der Waals surface area contributed by atoms with Crippen molar-refractivity contribution in [2.45, 2.75) is 6.92 Å². The van der Waals surface area contributed by atoms with Crippen molar-refractivity contribution < 1.29 is 9.36 Å². The molecular weight excluding hydrogens is 470 g/mol. The van der Waals surface area contributed by atoms with Crippen molar-refractivity contribution in [3.05, 3.63) is 121 Å². The SMILES string of the molecule is CC(=O)Nc1ccc(Nc2ccc3nc4ccc(Nc5ccccc5)cc4[n+](-c4ccccc4)c3c2)cc1. The van der Waals surface area contributed by atoms with Gasteiger partial charge in [-0.05, 0) is 60.7 Å². The van der Waals surface area contributed by atoms with Crippen LogP contribution in [0.15, 0.2) is 121 Å². The standard InChI is InChI=1S/C32H25N5O/c1-22(38)33-24-12-14-25(15-13-24)35-27-17-19-30-32(21-27)37(28-10-6-3-7-11-28)31-20-26(16-18-29(31)36-30)34-23-8-4-2-5-9-23/h2-21H,1H3,(H2,33,34,35,36,38)/p+1. The summed E-state index contributed by atoms with van der Waals surface area (Å²) in [6, 6.07) is 40.6. The zero-order valence-electron chi connectivity index (χ0n) is 20.8. The highest BCUT2D eigenvalue weighted by atomic mass is 16.1. The molecule has 0 aliphatic carbocycles. The van der Waals surface area contributed by atoms with Crippen LogP contribution >= 0.6 is 0 Å². The van der Waals surface area contributed by atoms with Gasteiger partial charge in [-0.25, -0.2) is 4.98 Å². The summed E-state index contributed by atoms with van der Waals surface area (Å²) in [7, 11) is 0. The van der Waals surface area contributed by atoms with Crippen LogP contribution in [0.4, 0.5) is 28.4 Å². The Balaban J connectivity index is 1.45. The van der Waals surface area contributed by atoms with Gasteiger partial charge >= 0.3 is 0 Å². The second-order valence-electron chi connectivity index (χ2n) is 9.06. The quantitative estimate of drug-likeness (QED) is 0.170. The summed E-state index contributed by atoms with van der Waals surface area (Å²) in [5.74, 6) is -0.0902. The van der Waals surface area contributed by atoms with Crippen molar-refractivity contribution in [1.29, 1.82) is 0 Å². The number of aromatic nitrogens is 2. The van der Waals surface area contributed by atoms with Crippen molar-refractivity contribution in [1.82, 2.24) is 4.98 Å². The van der Waals surface area contributed by atoms with Crippen molar-refractivity contribution in [3.8, 4) is 5.69 Å². The molecule has 0 aliphatic rings. The smallest absolute Gasteiger partial charge is 0.239 e. The van der Waals surface area contributed by atoms with Gasteiger partial charge in [-0.2, -0.15) is 0 Å². The Morgan fingerprint density at radius 3 is 1.61 bits per heavy atom. The molecule has 0 saturated carbocycles. The fraction of sp³-hybridized carbons (Fsp3) is 0.0312. The number of fused-ring (bicyclic) bond motifs is 2. The normalized spacial score (nSPS) is 10.9. The van der Waals surface area contributed by atoms with Gasteiger partial charge in [-0.3, -0.25) is 4.79 Å². The molecule has 6 heteroatoms. The van der Waals surface area contributed by atoms with Gasteiger partial charge in [-0.15, -0.1) is 4.57 Å². The molecule has 1 amide bonds. The first kappa shape index (κ1) is 23.2. The molecule has 0 bridgehead atoms. The van der Waals surface area contributed by atoms with Crippen LogP contribution in [0.25, 0.3) is 27.8 Å². The molecule has 3 N–H and O–H groups in total. The molecular formula is C32H26N5O+. The fourth-order valence-electron chi connectivity index (χ4n) is 4.56. The van der Waals surface area contributed by atoms with E-state index in [4.69, 9.17) is 4.98 Å². The monoisotopic (exact) mass is 496 g/mol. The van der Waals surface area contributed by atoms with Gasteiger partial charge in [0, 0.05) is 59.6 Å². The Hall–Kier alpha value is -5.23. The summed E-state index contributed by atoms with van der Waals surface area (Å²) in [6.07, 6.45) is 0. The molecule has 38 heavy (non-hydrogen) atoms. The van der Waals surface area contributed by atoms with Gasteiger partial charge in [0.1, 0.15) is 11.0 Å². The second-order valence-corrected chi connectivity index (χ2v) is 9.06. The van der Waals surface area contributed by atoms with E-state index in [0.717, 1.165) is 56.2 Å². The molecule has 5 aromatic carbocycles. The van der Waals surface area contributed by atoms with Crippen LogP contribution in [0, 0.1) is 0 Å². The number of rotatable bonds is 6. The third-order valence-electron chi connectivity index (χ3n) is 6.24. The van der Waals surface area contributed by atoms with Gasteiger partial charge < -0.3 is 16.0 Å². The number of hydrogen-bond donors (Lipinski definition) is 3. The van der Waals surface area contributed by atoms with Gasteiger partial charge in [0.25, 0.3) is 0 Å². The van der Waals surface area contributed by atoms with Crippen molar-refractivity contribution in [2.24, 2.45) is 0 Å². The Morgan fingerprint density at radius 2 is 1.05 bits per heavy atom. The van der Waals surface area contributed by atoms with Crippen LogP contribution in [0.3, 0.4) is 0 Å². The number of amides is 1. The van der Waals surface area contributed by atoms with E-state index in [1.54, 1.807) is 0 Å². The second kappa shape index (κ2) is 10.0.